The molecule has 110 valence electrons. The Balaban J connectivity index is 1.55. The molecule has 1 aromatic rings. The Kier molecular flexibility index (Phi) is 4.71. The molecule has 0 spiro atoms. The van der Waals surface area contributed by atoms with Gasteiger partial charge in [0.05, 0.1) is 6.10 Å². The standard InChI is InChI=1S/C17H26N2O/c1-13(15-5-3-2-4-6-15)19-16-9-10-18-11-17(16)20-12-14-7-8-14/h2-6,13-14,16-19H,7-12H2,1H3/t13-,16?,17?/m1/s1. The molecule has 0 radical (unpaired) electrons. The van der Waals surface area contributed by atoms with Crippen LogP contribution in [-0.2, 0) is 4.74 Å². The minimum atomic E-state index is 0.315. The lowest BCUT2D eigenvalue weighted by Crippen LogP contribution is -2.52. The van der Waals surface area contributed by atoms with Gasteiger partial charge in [-0.15, -0.1) is 0 Å². The quantitative estimate of drug-likeness (QED) is 0.836. The van der Waals surface area contributed by atoms with Gasteiger partial charge in [-0.3, -0.25) is 0 Å². The maximum atomic E-state index is 6.13. The normalized spacial score (nSPS) is 28.2. The molecule has 3 heteroatoms. The Morgan fingerprint density at radius 1 is 1.25 bits per heavy atom. The summed E-state index contributed by atoms with van der Waals surface area (Å²) in [6.07, 6.45) is 4.18. The molecule has 1 aliphatic heterocycles. The predicted octanol–water partition coefficient (Wildman–Crippen LogP) is 2.49. The topological polar surface area (TPSA) is 33.3 Å². The van der Waals surface area contributed by atoms with Gasteiger partial charge in [-0.2, -0.15) is 0 Å². The number of piperidine rings is 1. The van der Waals surface area contributed by atoms with Crippen LogP contribution in [-0.4, -0.2) is 31.8 Å². The second-order valence-corrected chi connectivity index (χ2v) is 6.21. The Bertz CT molecular complexity index is 405. The lowest BCUT2D eigenvalue weighted by Gasteiger charge is -2.35. The molecule has 2 unspecified atom stereocenters. The molecule has 1 aliphatic carbocycles. The first kappa shape index (κ1) is 14.1. The van der Waals surface area contributed by atoms with E-state index in [4.69, 9.17) is 4.74 Å². The first-order valence-corrected chi connectivity index (χ1v) is 7.96. The first-order valence-electron chi connectivity index (χ1n) is 7.96. The molecule has 2 aliphatic rings. The lowest BCUT2D eigenvalue weighted by atomic mass is 10.00. The molecule has 2 N–H and O–H groups in total. The molecule has 0 aromatic heterocycles. The molecule has 1 heterocycles. The van der Waals surface area contributed by atoms with Crippen LogP contribution in [0.2, 0.25) is 0 Å². The smallest absolute Gasteiger partial charge is 0.0852 e. The average molecular weight is 274 g/mol. The van der Waals surface area contributed by atoms with Crippen LogP contribution in [0.5, 0.6) is 0 Å². The highest BCUT2D eigenvalue weighted by atomic mass is 16.5. The van der Waals surface area contributed by atoms with Gasteiger partial charge in [-0.1, -0.05) is 30.3 Å². The number of ether oxygens (including phenoxy) is 1. The zero-order valence-corrected chi connectivity index (χ0v) is 12.3. The summed E-state index contributed by atoms with van der Waals surface area (Å²) < 4.78 is 6.13. The van der Waals surface area contributed by atoms with Crippen molar-refractivity contribution >= 4 is 0 Å². The van der Waals surface area contributed by atoms with E-state index in [0.717, 1.165) is 32.0 Å². The van der Waals surface area contributed by atoms with Gasteiger partial charge in [0, 0.05) is 25.2 Å². The second kappa shape index (κ2) is 6.70. The Morgan fingerprint density at radius 3 is 2.80 bits per heavy atom. The van der Waals surface area contributed by atoms with Crippen molar-refractivity contribution in [1.29, 1.82) is 0 Å². The van der Waals surface area contributed by atoms with Gasteiger partial charge < -0.3 is 15.4 Å². The van der Waals surface area contributed by atoms with Gasteiger partial charge >= 0.3 is 0 Å². The van der Waals surface area contributed by atoms with Crippen molar-refractivity contribution in [2.24, 2.45) is 5.92 Å². The summed E-state index contributed by atoms with van der Waals surface area (Å²) in [5.74, 6) is 0.837. The third kappa shape index (κ3) is 3.81. The van der Waals surface area contributed by atoms with Crippen LogP contribution in [0, 0.1) is 5.92 Å². The van der Waals surface area contributed by atoms with Gasteiger partial charge in [-0.25, -0.2) is 0 Å². The average Bonchev–Trinajstić information content (AvgIpc) is 3.31. The van der Waals surface area contributed by atoms with E-state index >= 15 is 0 Å². The van der Waals surface area contributed by atoms with Crippen LogP contribution in [0.25, 0.3) is 0 Å². The zero-order valence-electron chi connectivity index (χ0n) is 12.3. The monoisotopic (exact) mass is 274 g/mol. The summed E-state index contributed by atoms with van der Waals surface area (Å²) in [6, 6.07) is 11.5. The Labute approximate surface area is 122 Å². The fraction of sp³-hybridized carbons (Fsp3) is 0.647. The molecular formula is C17H26N2O. The van der Waals surface area contributed by atoms with E-state index in [1.165, 1.54) is 18.4 Å². The van der Waals surface area contributed by atoms with Gasteiger partial charge in [0.1, 0.15) is 0 Å². The molecule has 0 amide bonds. The molecule has 1 aromatic carbocycles. The molecule has 0 bridgehead atoms. The number of benzene rings is 1. The number of rotatable bonds is 6. The molecule has 3 rings (SSSR count). The van der Waals surface area contributed by atoms with Crippen LogP contribution >= 0.6 is 0 Å². The molecule has 1 saturated heterocycles. The van der Waals surface area contributed by atoms with Crippen molar-refractivity contribution in [3.05, 3.63) is 35.9 Å². The van der Waals surface area contributed by atoms with Crippen molar-refractivity contribution in [1.82, 2.24) is 10.6 Å². The molecule has 1 saturated carbocycles. The molecular weight excluding hydrogens is 248 g/mol. The largest absolute Gasteiger partial charge is 0.375 e. The van der Waals surface area contributed by atoms with Gasteiger partial charge in [0.15, 0.2) is 0 Å². The van der Waals surface area contributed by atoms with Crippen molar-refractivity contribution in [2.75, 3.05) is 19.7 Å². The van der Waals surface area contributed by atoms with Crippen LogP contribution in [0.4, 0.5) is 0 Å². The third-order valence-electron chi connectivity index (χ3n) is 4.43. The third-order valence-corrected chi connectivity index (χ3v) is 4.43. The Morgan fingerprint density at radius 2 is 2.05 bits per heavy atom. The van der Waals surface area contributed by atoms with E-state index in [1.807, 2.05) is 0 Å². The van der Waals surface area contributed by atoms with Crippen LogP contribution in [0.1, 0.15) is 37.8 Å². The van der Waals surface area contributed by atoms with Crippen molar-refractivity contribution in [2.45, 2.75) is 44.4 Å². The van der Waals surface area contributed by atoms with E-state index in [9.17, 15) is 0 Å². The van der Waals surface area contributed by atoms with Crippen LogP contribution in [0.15, 0.2) is 30.3 Å². The van der Waals surface area contributed by atoms with E-state index in [2.05, 4.69) is 47.9 Å². The van der Waals surface area contributed by atoms with Gasteiger partial charge in [0.2, 0.25) is 0 Å². The van der Waals surface area contributed by atoms with E-state index in [1.54, 1.807) is 0 Å². The van der Waals surface area contributed by atoms with E-state index in [-0.39, 0.29) is 0 Å². The molecule has 3 nitrogen and oxygen atoms in total. The fourth-order valence-corrected chi connectivity index (χ4v) is 2.90. The molecule has 20 heavy (non-hydrogen) atoms. The molecule has 3 atom stereocenters. The van der Waals surface area contributed by atoms with Crippen LogP contribution in [0.3, 0.4) is 0 Å². The number of nitrogens with one attached hydrogen (secondary N) is 2. The lowest BCUT2D eigenvalue weighted by molar-refractivity contribution is 0.00572. The minimum absolute atomic E-state index is 0.315. The Hall–Kier alpha value is -0.900. The highest BCUT2D eigenvalue weighted by molar-refractivity contribution is 5.18. The minimum Gasteiger partial charge on any atom is -0.375 e. The van der Waals surface area contributed by atoms with Crippen molar-refractivity contribution < 1.29 is 4.74 Å². The fourth-order valence-electron chi connectivity index (χ4n) is 2.90. The second-order valence-electron chi connectivity index (χ2n) is 6.21. The predicted molar refractivity (Wildman–Crippen MR) is 81.7 cm³/mol. The summed E-state index contributed by atoms with van der Waals surface area (Å²) in [5.41, 5.74) is 1.35. The van der Waals surface area contributed by atoms with Gasteiger partial charge in [0.25, 0.3) is 0 Å². The highest BCUT2D eigenvalue weighted by Gasteiger charge is 2.29. The van der Waals surface area contributed by atoms with E-state index < -0.39 is 0 Å². The highest BCUT2D eigenvalue weighted by Crippen LogP contribution is 2.29. The SMILES string of the molecule is C[C@@H](NC1CCNCC1OCC1CC1)c1ccccc1. The summed E-state index contributed by atoms with van der Waals surface area (Å²) in [4.78, 5) is 0. The van der Waals surface area contributed by atoms with Gasteiger partial charge in [-0.05, 0) is 44.2 Å². The first-order chi connectivity index (χ1) is 9.83. The van der Waals surface area contributed by atoms with Crippen molar-refractivity contribution in [3.63, 3.8) is 0 Å². The maximum Gasteiger partial charge on any atom is 0.0852 e. The number of hydrogen-bond acceptors (Lipinski definition) is 3. The number of hydrogen-bond donors (Lipinski definition) is 2. The summed E-state index contributed by atoms with van der Waals surface area (Å²) in [6.45, 7) is 5.26. The maximum absolute atomic E-state index is 6.13. The zero-order chi connectivity index (χ0) is 13.8. The summed E-state index contributed by atoms with van der Waals surface area (Å²) in [5, 5.41) is 7.22. The molecule has 2 fully saturated rings. The van der Waals surface area contributed by atoms with E-state index in [0.29, 0.717) is 18.2 Å². The summed E-state index contributed by atoms with van der Waals surface area (Å²) in [7, 11) is 0. The summed E-state index contributed by atoms with van der Waals surface area (Å²) >= 11 is 0. The van der Waals surface area contributed by atoms with Crippen LogP contribution < -0.4 is 10.6 Å². The van der Waals surface area contributed by atoms with Crippen molar-refractivity contribution in [3.8, 4) is 0 Å².